The van der Waals surface area contributed by atoms with Gasteiger partial charge in [0.05, 0.1) is 18.1 Å². The number of aliphatic hydroxyl groups is 1. The molecule has 0 fully saturated rings. The van der Waals surface area contributed by atoms with Gasteiger partial charge < -0.3 is 14.7 Å². The normalized spacial score (nSPS) is 12.6. The second-order valence-electron chi connectivity index (χ2n) is 3.38. The number of rotatable bonds is 4. The first-order valence-corrected chi connectivity index (χ1v) is 5.25. The van der Waals surface area contributed by atoms with Crippen LogP contribution in [0.15, 0.2) is 0 Å². The number of aliphatic hydroxyl groups excluding tert-OH is 1. The molecule has 1 rings (SSSR count). The SMILES string of the molecule is COc1nc(N(C)C)sc1CC(C)O. The van der Waals surface area contributed by atoms with E-state index in [-0.39, 0.29) is 6.10 Å². The van der Waals surface area contributed by atoms with E-state index in [2.05, 4.69) is 4.98 Å². The Labute approximate surface area is 88.1 Å². The Morgan fingerprint density at radius 3 is 2.64 bits per heavy atom. The maximum Gasteiger partial charge on any atom is 0.229 e. The minimum Gasteiger partial charge on any atom is -0.480 e. The van der Waals surface area contributed by atoms with Crippen molar-refractivity contribution in [3.8, 4) is 5.88 Å². The van der Waals surface area contributed by atoms with E-state index >= 15 is 0 Å². The third kappa shape index (κ3) is 2.59. The summed E-state index contributed by atoms with van der Waals surface area (Å²) in [5.74, 6) is 0.625. The van der Waals surface area contributed by atoms with Crippen LogP contribution in [0.2, 0.25) is 0 Å². The van der Waals surface area contributed by atoms with Crippen LogP contribution in [0, 0.1) is 0 Å². The molecule has 80 valence electrons. The van der Waals surface area contributed by atoms with Crippen molar-refractivity contribution < 1.29 is 9.84 Å². The Bertz CT molecular complexity index is 297. The van der Waals surface area contributed by atoms with Gasteiger partial charge in [0.1, 0.15) is 0 Å². The standard InChI is InChI=1S/C9H16N2O2S/c1-6(12)5-7-8(13-4)10-9(14-7)11(2)3/h6,12H,5H2,1-4H3. The van der Waals surface area contributed by atoms with E-state index in [0.29, 0.717) is 12.3 Å². The second kappa shape index (κ2) is 4.61. The van der Waals surface area contributed by atoms with Crippen molar-refractivity contribution in [3.63, 3.8) is 0 Å². The largest absolute Gasteiger partial charge is 0.480 e. The zero-order valence-corrected chi connectivity index (χ0v) is 9.76. The molecule has 0 aliphatic carbocycles. The van der Waals surface area contributed by atoms with Gasteiger partial charge in [-0.15, -0.1) is 0 Å². The van der Waals surface area contributed by atoms with Crippen molar-refractivity contribution in [1.82, 2.24) is 4.98 Å². The molecular weight excluding hydrogens is 200 g/mol. The maximum absolute atomic E-state index is 9.28. The van der Waals surface area contributed by atoms with Crippen LogP contribution in [0.1, 0.15) is 11.8 Å². The highest BCUT2D eigenvalue weighted by molar-refractivity contribution is 7.15. The third-order valence-electron chi connectivity index (χ3n) is 1.71. The summed E-state index contributed by atoms with van der Waals surface area (Å²) in [7, 11) is 5.47. The molecule has 1 aromatic heterocycles. The predicted octanol–water partition coefficient (Wildman–Crippen LogP) is 1.14. The molecule has 1 aromatic rings. The maximum atomic E-state index is 9.28. The van der Waals surface area contributed by atoms with Crippen LogP contribution in [0.5, 0.6) is 5.88 Å². The molecule has 0 aliphatic rings. The Balaban J connectivity index is 2.90. The molecule has 0 aromatic carbocycles. The highest BCUT2D eigenvalue weighted by Gasteiger charge is 2.14. The molecule has 1 unspecified atom stereocenters. The Morgan fingerprint density at radius 1 is 1.57 bits per heavy atom. The summed E-state index contributed by atoms with van der Waals surface area (Å²) < 4.78 is 5.14. The summed E-state index contributed by atoms with van der Waals surface area (Å²) in [6, 6.07) is 0. The van der Waals surface area contributed by atoms with E-state index in [0.717, 1.165) is 10.0 Å². The molecule has 1 N–H and O–H groups in total. The van der Waals surface area contributed by atoms with Gasteiger partial charge in [-0.25, -0.2) is 0 Å². The van der Waals surface area contributed by atoms with Gasteiger partial charge in [0.15, 0.2) is 5.13 Å². The number of hydrogen-bond acceptors (Lipinski definition) is 5. The summed E-state index contributed by atoms with van der Waals surface area (Å²) in [4.78, 5) is 7.21. The molecule has 0 saturated carbocycles. The molecule has 14 heavy (non-hydrogen) atoms. The van der Waals surface area contributed by atoms with Gasteiger partial charge in [0, 0.05) is 20.5 Å². The topological polar surface area (TPSA) is 45.6 Å². The smallest absolute Gasteiger partial charge is 0.229 e. The number of hydrogen-bond donors (Lipinski definition) is 1. The Kier molecular flexibility index (Phi) is 3.71. The van der Waals surface area contributed by atoms with Gasteiger partial charge in [-0.1, -0.05) is 11.3 Å². The highest BCUT2D eigenvalue weighted by atomic mass is 32.1. The van der Waals surface area contributed by atoms with Gasteiger partial charge in [0.25, 0.3) is 0 Å². The van der Waals surface area contributed by atoms with Crippen LogP contribution < -0.4 is 9.64 Å². The second-order valence-corrected chi connectivity index (χ2v) is 4.44. The molecule has 4 nitrogen and oxygen atoms in total. The fourth-order valence-corrected chi connectivity index (χ4v) is 2.15. The van der Waals surface area contributed by atoms with Gasteiger partial charge >= 0.3 is 0 Å². The fraction of sp³-hybridized carbons (Fsp3) is 0.667. The summed E-state index contributed by atoms with van der Waals surface area (Å²) in [5, 5.41) is 10.2. The Hall–Kier alpha value is -0.810. The van der Waals surface area contributed by atoms with E-state index in [1.54, 1.807) is 25.4 Å². The van der Waals surface area contributed by atoms with E-state index in [4.69, 9.17) is 4.74 Å². The molecule has 0 radical (unpaired) electrons. The van der Waals surface area contributed by atoms with Crippen molar-refractivity contribution in [3.05, 3.63) is 4.88 Å². The molecule has 0 saturated heterocycles. The highest BCUT2D eigenvalue weighted by Crippen LogP contribution is 2.31. The van der Waals surface area contributed by atoms with Crippen molar-refractivity contribution >= 4 is 16.5 Å². The lowest BCUT2D eigenvalue weighted by atomic mass is 10.2. The summed E-state index contributed by atoms with van der Waals surface area (Å²) in [6.07, 6.45) is 0.230. The van der Waals surface area contributed by atoms with E-state index in [1.165, 1.54) is 0 Å². The van der Waals surface area contributed by atoms with Crippen LogP contribution >= 0.6 is 11.3 Å². The summed E-state index contributed by atoms with van der Waals surface area (Å²) >= 11 is 1.55. The average Bonchev–Trinajstić information content (AvgIpc) is 2.46. The first-order chi connectivity index (χ1) is 6.54. The van der Waals surface area contributed by atoms with Crippen LogP contribution in [-0.2, 0) is 6.42 Å². The lowest BCUT2D eigenvalue weighted by Gasteiger charge is -2.05. The first-order valence-electron chi connectivity index (χ1n) is 4.43. The number of ether oxygens (including phenoxy) is 1. The van der Waals surface area contributed by atoms with Crippen LogP contribution in [-0.4, -0.2) is 37.4 Å². The zero-order chi connectivity index (χ0) is 10.7. The minimum absolute atomic E-state index is 0.362. The van der Waals surface area contributed by atoms with Crippen LogP contribution in [0.25, 0.3) is 0 Å². The molecule has 0 bridgehead atoms. The lowest BCUT2D eigenvalue weighted by Crippen LogP contribution is -2.07. The first kappa shape index (κ1) is 11.3. The molecule has 1 atom stereocenters. The fourth-order valence-electron chi connectivity index (χ4n) is 1.07. The van der Waals surface area contributed by atoms with Crippen molar-refractivity contribution in [1.29, 1.82) is 0 Å². The minimum atomic E-state index is -0.362. The number of thiazole rings is 1. The molecule has 0 aliphatic heterocycles. The van der Waals surface area contributed by atoms with E-state index < -0.39 is 0 Å². The average molecular weight is 216 g/mol. The van der Waals surface area contributed by atoms with Crippen molar-refractivity contribution in [2.24, 2.45) is 0 Å². The molecule has 0 spiro atoms. The number of methoxy groups -OCH3 is 1. The van der Waals surface area contributed by atoms with E-state index in [9.17, 15) is 5.11 Å². The number of nitrogens with zero attached hydrogens (tertiary/aromatic N) is 2. The van der Waals surface area contributed by atoms with Gasteiger partial charge in [-0.2, -0.15) is 4.98 Å². The summed E-state index contributed by atoms with van der Waals surface area (Å²) in [5.41, 5.74) is 0. The third-order valence-corrected chi connectivity index (χ3v) is 2.93. The van der Waals surface area contributed by atoms with E-state index in [1.807, 2.05) is 19.0 Å². The zero-order valence-electron chi connectivity index (χ0n) is 8.94. The molecule has 0 amide bonds. The van der Waals surface area contributed by atoms with Gasteiger partial charge in [-0.05, 0) is 6.92 Å². The summed E-state index contributed by atoms with van der Waals surface area (Å²) in [6.45, 7) is 1.76. The molecular formula is C9H16N2O2S. The quantitative estimate of drug-likeness (QED) is 0.820. The Morgan fingerprint density at radius 2 is 2.21 bits per heavy atom. The molecule has 5 heteroatoms. The monoisotopic (exact) mass is 216 g/mol. The van der Waals surface area contributed by atoms with Gasteiger partial charge in [0.2, 0.25) is 5.88 Å². The van der Waals surface area contributed by atoms with Crippen molar-refractivity contribution in [2.45, 2.75) is 19.4 Å². The van der Waals surface area contributed by atoms with Crippen LogP contribution in [0.4, 0.5) is 5.13 Å². The van der Waals surface area contributed by atoms with Gasteiger partial charge in [-0.3, -0.25) is 0 Å². The van der Waals surface area contributed by atoms with Crippen molar-refractivity contribution in [2.75, 3.05) is 26.1 Å². The predicted molar refractivity (Wildman–Crippen MR) is 58.4 cm³/mol. The lowest BCUT2D eigenvalue weighted by molar-refractivity contribution is 0.195. The number of anilines is 1. The molecule has 1 heterocycles. The van der Waals surface area contributed by atoms with Crippen LogP contribution in [0.3, 0.4) is 0 Å². The number of aromatic nitrogens is 1.